The van der Waals surface area contributed by atoms with Crippen molar-refractivity contribution in [2.45, 2.75) is 31.2 Å². The van der Waals surface area contributed by atoms with Crippen molar-refractivity contribution < 1.29 is 22.5 Å². The Morgan fingerprint density at radius 2 is 1.84 bits per heavy atom. The molecular weight excluding hydrogens is 452 g/mol. The molecule has 2 aliphatic rings. The Morgan fingerprint density at radius 1 is 1.09 bits per heavy atom. The number of carbonyl (C=O) groups is 2. The van der Waals surface area contributed by atoms with Crippen molar-refractivity contribution in [3.8, 4) is 0 Å². The Labute approximate surface area is 191 Å². The van der Waals surface area contributed by atoms with Gasteiger partial charge in [-0.15, -0.1) is 11.8 Å². The zero-order chi connectivity index (χ0) is 22.9. The molecule has 1 aromatic heterocycles. The van der Waals surface area contributed by atoms with Gasteiger partial charge in [-0.25, -0.2) is 8.42 Å². The van der Waals surface area contributed by atoms with Gasteiger partial charge in [-0.2, -0.15) is 4.31 Å². The van der Waals surface area contributed by atoms with Gasteiger partial charge in [0.2, 0.25) is 15.9 Å². The molecular formula is C21H26N4O5S2. The molecule has 0 saturated carbocycles. The van der Waals surface area contributed by atoms with Gasteiger partial charge in [-0.05, 0) is 32.4 Å². The van der Waals surface area contributed by atoms with E-state index in [9.17, 15) is 18.0 Å². The Morgan fingerprint density at radius 3 is 2.53 bits per heavy atom. The predicted octanol–water partition coefficient (Wildman–Crippen LogP) is 1.73. The van der Waals surface area contributed by atoms with E-state index in [1.54, 1.807) is 59.7 Å². The second kappa shape index (κ2) is 9.24. The zero-order valence-electron chi connectivity index (χ0n) is 18.1. The van der Waals surface area contributed by atoms with Crippen LogP contribution in [0.4, 0.5) is 0 Å². The Hall–Kier alpha value is -2.37. The lowest BCUT2D eigenvalue weighted by Gasteiger charge is -2.29. The summed E-state index contributed by atoms with van der Waals surface area (Å²) >= 11 is 1.55. The van der Waals surface area contributed by atoms with E-state index in [1.165, 1.54) is 4.31 Å². The van der Waals surface area contributed by atoms with Crippen LogP contribution in [0.25, 0.3) is 0 Å². The van der Waals surface area contributed by atoms with Gasteiger partial charge < -0.3 is 14.3 Å². The van der Waals surface area contributed by atoms with Crippen molar-refractivity contribution in [2.24, 2.45) is 0 Å². The maximum absolute atomic E-state index is 13.3. The second-order valence-corrected chi connectivity index (χ2v) is 10.8. The fraction of sp³-hybridized carbons (Fsp3) is 0.476. The van der Waals surface area contributed by atoms with Crippen molar-refractivity contribution in [3.63, 3.8) is 0 Å². The fourth-order valence-corrected chi connectivity index (χ4v) is 7.04. The standard InChI is InChI=1S/C21H26N4O5S2/c1-15-19(16(2)30-22-15)32(28,29)24-10-6-9-23(11-12-24)21(27)18-13-31-14-25(18)20(26)17-7-4-3-5-8-17/h3-5,7-8,18H,6,9-14H2,1-2H3/t18-/m0/s1. The van der Waals surface area contributed by atoms with E-state index in [0.29, 0.717) is 42.4 Å². The maximum atomic E-state index is 13.3. The van der Waals surface area contributed by atoms with Crippen molar-refractivity contribution in [1.29, 1.82) is 0 Å². The number of hydrogen-bond acceptors (Lipinski definition) is 7. The number of hydrogen-bond donors (Lipinski definition) is 0. The number of benzene rings is 1. The summed E-state index contributed by atoms with van der Waals surface area (Å²) in [6.07, 6.45) is 0.515. The van der Waals surface area contributed by atoms with E-state index in [-0.39, 0.29) is 35.6 Å². The predicted molar refractivity (Wildman–Crippen MR) is 120 cm³/mol. The van der Waals surface area contributed by atoms with Crippen molar-refractivity contribution in [2.75, 3.05) is 37.8 Å². The van der Waals surface area contributed by atoms with Gasteiger partial charge in [-0.1, -0.05) is 23.4 Å². The van der Waals surface area contributed by atoms with Gasteiger partial charge in [0, 0.05) is 37.5 Å². The summed E-state index contributed by atoms with van der Waals surface area (Å²) in [6.45, 7) is 4.40. The number of carbonyl (C=O) groups excluding carboxylic acids is 2. The number of aryl methyl sites for hydroxylation is 2. The van der Waals surface area contributed by atoms with Crippen molar-refractivity contribution >= 4 is 33.6 Å². The van der Waals surface area contributed by atoms with E-state index in [1.807, 2.05) is 6.07 Å². The lowest BCUT2D eigenvalue weighted by molar-refractivity contribution is -0.134. The van der Waals surface area contributed by atoms with Crippen LogP contribution in [-0.2, 0) is 14.8 Å². The highest BCUT2D eigenvalue weighted by Gasteiger charge is 2.39. The van der Waals surface area contributed by atoms with Crippen LogP contribution >= 0.6 is 11.8 Å². The van der Waals surface area contributed by atoms with E-state index in [0.717, 1.165) is 0 Å². The minimum Gasteiger partial charge on any atom is -0.360 e. The third-order valence-electron chi connectivity index (χ3n) is 5.78. The molecule has 2 aliphatic heterocycles. The van der Waals surface area contributed by atoms with Gasteiger partial charge in [0.05, 0.1) is 5.88 Å². The molecule has 172 valence electrons. The first-order valence-corrected chi connectivity index (χ1v) is 13.1. The van der Waals surface area contributed by atoms with Crippen LogP contribution in [0.1, 0.15) is 28.2 Å². The number of nitrogens with zero attached hydrogens (tertiary/aromatic N) is 4. The number of rotatable bonds is 4. The smallest absolute Gasteiger partial charge is 0.255 e. The molecule has 2 amide bonds. The molecule has 11 heteroatoms. The fourth-order valence-electron chi connectivity index (χ4n) is 4.13. The lowest BCUT2D eigenvalue weighted by Crippen LogP contribution is -2.50. The first-order valence-electron chi connectivity index (χ1n) is 10.5. The van der Waals surface area contributed by atoms with Crippen LogP contribution in [0.5, 0.6) is 0 Å². The molecule has 0 unspecified atom stereocenters. The van der Waals surface area contributed by atoms with Gasteiger partial charge in [-0.3, -0.25) is 9.59 Å². The monoisotopic (exact) mass is 478 g/mol. The minimum atomic E-state index is -3.76. The van der Waals surface area contributed by atoms with Gasteiger partial charge in [0.25, 0.3) is 5.91 Å². The van der Waals surface area contributed by atoms with Crippen LogP contribution in [0.3, 0.4) is 0 Å². The highest BCUT2D eigenvalue weighted by molar-refractivity contribution is 7.99. The summed E-state index contributed by atoms with van der Waals surface area (Å²) in [5.41, 5.74) is 0.887. The van der Waals surface area contributed by atoms with Gasteiger partial charge in [0.15, 0.2) is 5.76 Å². The first kappa shape index (κ1) is 22.8. The minimum absolute atomic E-state index is 0.101. The quantitative estimate of drug-likeness (QED) is 0.659. The number of sulfonamides is 1. The third kappa shape index (κ3) is 4.28. The van der Waals surface area contributed by atoms with E-state index < -0.39 is 16.1 Å². The van der Waals surface area contributed by atoms with Crippen LogP contribution in [0.2, 0.25) is 0 Å². The van der Waals surface area contributed by atoms with Crippen LogP contribution in [-0.4, -0.2) is 83.3 Å². The number of amides is 2. The molecule has 2 aromatic rings. The molecule has 0 N–H and O–H groups in total. The normalized spacial score (nSPS) is 20.4. The van der Waals surface area contributed by atoms with Gasteiger partial charge in [0.1, 0.15) is 16.6 Å². The summed E-state index contributed by atoms with van der Waals surface area (Å²) < 4.78 is 32.7. The maximum Gasteiger partial charge on any atom is 0.255 e. The average molecular weight is 479 g/mol. The molecule has 2 fully saturated rings. The highest BCUT2D eigenvalue weighted by Crippen LogP contribution is 2.27. The lowest BCUT2D eigenvalue weighted by atomic mass is 10.1. The molecule has 0 radical (unpaired) electrons. The van der Waals surface area contributed by atoms with Crippen LogP contribution < -0.4 is 0 Å². The van der Waals surface area contributed by atoms with Crippen LogP contribution in [0, 0.1) is 13.8 Å². The summed E-state index contributed by atoms with van der Waals surface area (Å²) in [4.78, 5) is 29.7. The molecule has 1 aromatic carbocycles. The third-order valence-corrected chi connectivity index (χ3v) is 8.94. The topological polar surface area (TPSA) is 104 Å². The number of aromatic nitrogens is 1. The van der Waals surface area contributed by atoms with Crippen molar-refractivity contribution in [3.05, 3.63) is 47.3 Å². The Balaban J connectivity index is 1.46. The molecule has 3 heterocycles. The molecule has 0 spiro atoms. The Kier molecular flexibility index (Phi) is 6.59. The van der Waals surface area contributed by atoms with E-state index >= 15 is 0 Å². The van der Waals surface area contributed by atoms with Gasteiger partial charge >= 0.3 is 0 Å². The van der Waals surface area contributed by atoms with Crippen molar-refractivity contribution in [1.82, 2.24) is 19.3 Å². The molecule has 2 saturated heterocycles. The first-order chi connectivity index (χ1) is 15.3. The highest BCUT2D eigenvalue weighted by atomic mass is 32.2. The Bertz CT molecular complexity index is 1080. The van der Waals surface area contributed by atoms with Crippen LogP contribution in [0.15, 0.2) is 39.8 Å². The molecule has 0 bridgehead atoms. The molecule has 0 aliphatic carbocycles. The summed E-state index contributed by atoms with van der Waals surface area (Å²) in [7, 11) is -3.76. The molecule has 9 nitrogen and oxygen atoms in total. The van der Waals surface area contributed by atoms with E-state index in [2.05, 4.69) is 5.16 Å². The SMILES string of the molecule is Cc1noc(C)c1S(=O)(=O)N1CCCN(C(=O)[C@@H]2CSCN2C(=O)c2ccccc2)CC1. The zero-order valence-corrected chi connectivity index (χ0v) is 19.7. The summed E-state index contributed by atoms with van der Waals surface area (Å²) in [5, 5.41) is 3.76. The average Bonchev–Trinajstić information content (AvgIpc) is 3.31. The molecule has 4 rings (SSSR count). The summed E-state index contributed by atoms with van der Waals surface area (Å²) in [6, 6.07) is 8.40. The number of thioether (sulfide) groups is 1. The molecule has 32 heavy (non-hydrogen) atoms. The molecule has 1 atom stereocenters. The van der Waals surface area contributed by atoms with E-state index in [4.69, 9.17) is 4.52 Å². The second-order valence-electron chi connectivity index (χ2n) is 7.89. The summed E-state index contributed by atoms with van der Waals surface area (Å²) in [5.74, 6) is 0.972. The largest absolute Gasteiger partial charge is 0.360 e.